The van der Waals surface area contributed by atoms with Gasteiger partial charge in [0.15, 0.2) is 11.5 Å². The molecule has 0 radical (unpaired) electrons. The van der Waals surface area contributed by atoms with E-state index in [0.29, 0.717) is 24.8 Å². The summed E-state index contributed by atoms with van der Waals surface area (Å²) in [6.45, 7) is 3.99. The molecule has 1 unspecified atom stereocenters. The number of fused-ring (bicyclic) bond motifs is 5. The summed E-state index contributed by atoms with van der Waals surface area (Å²) in [6, 6.07) is 0. The molecule has 3 aliphatic carbocycles. The monoisotopic (exact) mass is 518 g/mol. The molecule has 2 saturated carbocycles. The van der Waals surface area contributed by atoms with Crippen molar-refractivity contribution < 1.29 is 38.4 Å². The Morgan fingerprint density at radius 3 is 2.62 bits per heavy atom. The number of esters is 1. The lowest BCUT2D eigenvalue weighted by molar-refractivity contribution is -0.151. The van der Waals surface area contributed by atoms with Crippen LogP contribution in [0.3, 0.4) is 0 Å². The molecule has 206 valence electrons. The summed E-state index contributed by atoms with van der Waals surface area (Å²) in [7, 11) is 2.90. The predicted octanol–water partition coefficient (Wildman–Crippen LogP) is 4.10. The number of carbonyl (C=O) groups is 3. The van der Waals surface area contributed by atoms with Crippen molar-refractivity contribution in [3.63, 3.8) is 0 Å². The third-order valence-electron chi connectivity index (χ3n) is 8.98. The molecule has 0 aromatic rings. The highest BCUT2D eigenvalue weighted by atomic mass is 16.6. The molecule has 8 nitrogen and oxygen atoms in total. The van der Waals surface area contributed by atoms with Crippen LogP contribution >= 0.6 is 0 Å². The summed E-state index contributed by atoms with van der Waals surface area (Å²) < 4.78 is 21.8. The Balaban J connectivity index is 1.56. The lowest BCUT2D eigenvalue weighted by Crippen LogP contribution is -2.40. The molecular weight excluding hydrogens is 476 g/mol. The van der Waals surface area contributed by atoms with Crippen LogP contribution in [-0.2, 0) is 33.3 Å². The first-order valence-corrected chi connectivity index (χ1v) is 13.9. The number of carbonyl (C=O) groups excluding carboxylic acids is 3. The average molecular weight is 519 g/mol. The lowest BCUT2D eigenvalue weighted by atomic mass is 9.65. The Bertz CT molecular complexity index is 923. The third kappa shape index (κ3) is 5.95. The van der Waals surface area contributed by atoms with Crippen LogP contribution in [0.15, 0.2) is 23.7 Å². The molecular formula is C29H42O8. The van der Waals surface area contributed by atoms with Crippen molar-refractivity contribution in [2.45, 2.75) is 90.1 Å². The first kappa shape index (κ1) is 27.8. The van der Waals surface area contributed by atoms with Gasteiger partial charge in [-0.15, -0.1) is 0 Å². The van der Waals surface area contributed by atoms with Gasteiger partial charge in [0, 0.05) is 24.2 Å². The van der Waals surface area contributed by atoms with Crippen molar-refractivity contribution in [2.75, 3.05) is 14.2 Å². The van der Waals surface area contributed by atoms with E-state index in [9.17, 15) is 19.5 Å². The van der Waals surface area contributed by atoms with Gasteiger partial charge in [-0.3, -0.25) is 14.4 Å². The van der Waals surface area contributed by atoms with Crippen molar-refractivity contribution in [3.8, 4) is 0 Å². The molecule has 0 bridgehead atoms. The van der Waals surface area contributed by atoms with Gasteiger partial charge in [0.1, 0.15) is 18.1 Å². The largest absolute Gasteiger partial charge is 0.501 e. The fraction of sp³-hybridized carbons (Fsp3) is 0.759. The highest BCUT2D eigenvalue weighted by molar-refractivity contribution is 6.00. The molecule has 0 aromatic carbocycles. The van der Waals surface area contributed by atoms with Crippen LogP contribution in [0, 0.1) is 35.5 Å². The van der Waals surface area contributed by atoms with E-state index in [-0.39, 0.29) is 71.5 Å². The van der Waals surface area contributed by atoms with E-state index in [0.717, 1.165) is 32.1 Å². The fourth-order valence-electron chi connectivity index (χ4n) is 7.11. The maximum Gasteiger partial charge on any atom is 0.306 e. The second-order valence-electron chi connectivity index (χ2n) is 11.2. The van der Waals surface area contributed by atoms with Crippen molar-refractivity contribution in [1.82, 2.24) is 0 Å². The maximum atomic E-state index is 13.6. The van der Waals surface area contributed by atoms with E-state index >= 15 is 0 Å². The maximum absolute atomic E-state index is 13.6. The van der Waals surface area contributed by atoms with Gasteiger partial charge in [-0.05, 0) is 61.9 Å². The Morgan fingerprint density at radius 1 is 1.16 bits per heavy atom. The molecule has 0 aromatic heterocycles. The van der Waals surface area contributed by atoms with Crippen molar-refractivity contribution in [1.29, 1.82) is 0 Å². The van der Waals surface area contributed by atoms with E-state index in [2.05, 4.69) is 0 Å². The number of ketones is 2. The zero-order valence-electron chi connectivity index (χ0n) is 22.5. The van der Waals surface area contributed by atoms with Crippen LogP contribution in [0.5, 0.6) is 0 Å². The van der Waals surface area contributed by atoms with Crippen molar-refractivity contribution >= 4 is 17.5 Å². The van der Waals surface area contributed by atoms with Crippen molar-refractivity contribution in [3.05, 3.63) is 23.7 Å². The zero-order chi connectivity index (χ0) is 26.7. The summed E-state index contributed by atoms with van der Waals surface area (Å²) in [5.74, 6) is -0.728. The summed E-state index contributed by atoms with van der Waals surface area (Å²) in [4.78, 5) is 40.0. The van der Waals surface area contributed by atoms with Gasteiger partial charge in [-0.1, -0.05) is 26.3 Å². The lowest BCUT2D eigenvalue weighted by Gasteiger charge is -2.37. The standard InChI is InChI=1S/C29H42O8/c1-5-18-9-7-6-8-16(2)28(32)23-13-21-20-12-19(37-29(33)25(35-4)15-34-3)10-17(20)11-24(30)27(21)22(23)14-26(31)36-18/h13,15-22,27,29,33H,5-12,14H2,1-4H3/b25-15-/t16-,17?,18+,19-,20-,21+,22-,27-,29+/m1/s1. The second kappa shape index (κ2) is 12.1. The zero-order valence-corrected chi connectivity index (χ0v) is 22.5. The smallest absolute Gasteiger partial charge is 0.306 e. The Labute approximate surface area is 219 Å². The quantitative estimate of drug-likeness (QED) is 0.318. The van der Waals surface area contributed by atoms with Gasteiger partial charge in [-0.25, -0.2) is 0 Å². The second-order valence-corrected chi connectivity index (χ2v) is 11.2. The molecule has 1 N–H and O–H groups in total. The number of allylic oxidation sites excluding steroid dienone is 2. The normalized spacial score (nSPS) is 37.8. The number of aliphatic hydroxyl groups excluding tert-OH is 1. The van der Waals surface area contributed by atoms with E-state index in [4.69, 9.17) is 18.9 Å². The number of aliphatic hydroxyl groups is 1. The molecule has 0 spiro atoms. The number of ether oxygens (including phenoxy) is 4. The first-order valence-electron chi connectivity index (χ1n) is 13.9. The molecule has 4 aliphatic rings. The number of hydrogen-bond acceptors (Lipinski definition) is 8. The van der Waals surface area contributed by atoms with Crippen LogP contribution in [0.1, 0.15) is 71.6 Å². The van der Waals surface area contributed by atoms with Gasteiger partial charge < -0.3 is 24.1 Å². The van der Waals surface area contributed by atoms with E-state index < -0.39 is 12.2 Å². The molecule has 1 heterocycles. The predicted molar refractivity (Wildman–Crippen MR) is 135 cm³/mol. The molecule has 4 rings (SSSR count). The molecule has 8 heteroatoms. The number of rotatable bonds is 6. The van der Waals surface area contributed by atoms with E-state index in [1.807, 2.05) is 19.9 Å². The minimum atomic E-state index is -1.26. The van der Waals surface area contributed by atoms with Gasteiger partial charge in [-0.2, -0.15) is 0 Å². The van der Waals surface area contributed by atoms with Gasteiger partial charge in [0.2, 0.25) is 6.29 Å². The molecule has 1 aliphatic heterocycles. The van der Waals surface area contributed by atoms with Gasteiger partial charge in [0.05, 0.1) is 26.7 Å². The van der Waals surface area contributed by atoms with E-state index in [1.54, 1.807) is 0 Å². The van der Waals surface area contributed by atoms with E-state index in [1.165, 1.54) is 20.5 Å². The van der Waals surface area contributed by atoms with Crippen LogP contribution in [0.25, 0.3) is 0 Å². The number of cyclic esters (lactones) is 1. The number of methoxy groups -OCH3 is 2. The molecule has 37 heavy (non-hydrogen) atoms. The third-order valence-corrected chi connectivity index (χ3v) is 8.98. The Kier molecular flexibility index (Phi) is 9.11. The highest BCUT2D eigenvalue weighted by Crippen LogP contribution is 2.55. The summed E-state index contributed by atoms with van der Waals surface area (Å²) in [6.07, 6.45) is 7.70. The first-order chi connectivity index (χ1) is 17.8. The molecule has 0 amide bonds. The van der Waals surface area contributed by atoms with Crippen LogP contribution in [0.2, 0.25) is 0 Å². The SMILES string of the molecule is CC[C@H]1CCCC[C@@H](C)C(=O)C2=C[C@@H]3[C@@H](C(=O)CC4C[C@@H](O[C@H](O)/C(=C/OC)OC)C[C@H]43)[C@@H]2CC(=O)O1. The van der Waals surface area contributed by atoms with Gasteiger partial charge >= 0.3 is 5.97 Å². The Morgan fingerprint density at radius 2 is 1.92 bits per heavy atom. The molecule has 1 saturated heterocycles. The number of hydrogen-bond donors (Lipinski definition) is 1. The topological polar surface area (TPSA) is 108 Å². The molecule has 3 fully saturated rings. The minimum absolute atomic E-state index is 0.0693. The molecule has 9 atom stereocenters. The van der Waals surface area contributed by atoms with Crippen LogP contribution < -0.4 is 0 Å². The van der Waals surface area contributed by atoms with Gasteiger partial charge in [0.25, 0.3) is 0 Å². The summed E-state index contributed by atoms with van der Waals surface area (Å²) in [5.41, 5.74) is 0.649. The summed E-state index contributed by atoms with van der Waals surface area (Å²) >= 11 is 0. The van der Waals surface area contributed by atoms with Crippen LogP contribution in [0.4, 0.5) is 0 Å². The highest BCUT2D eigenvalue weighted by Gasteiger charge is 2.55. The fourth-order valence-corrected chi connectivity index (χ4v) is 7.11. The number of Topliss-reactive ketones (excluding diaryl/α,β-unsaturated/α-hetero) is 2. The average Bonchev–Trinajstić information content (AvgIpc) is 3.44. The van der Waals surface area contributed by atoms with Crippen molar-refractivity contribution in [2.24, 2.45) is 35.5 Å². The summed E-state index contributed by atoms with van der Waals surface area (Å²) in [5, 5.41) is 10.5. The Hall–Kier alpha value is -2.19. The van der Waals surface area contributed by atoms with Crippen LogP contribution in [-0.4, -0.2) is 55.4 Å². The minimum Gasteiger partial charge on any atom is -0.501 e.